The summed E-state index contributed by atoms with van der Waals surface area (Å²) >= 11 is 0. The van der Waals surface area contributed by atoms with Crippen molar-refractivity contribution in [1.82, 2.24) is 20.5 Å². The first-order valence-electron chi connectivity index (χ1n) is 12.1. The average molecular weight is 496 g/mol. The highest BCUT2D eigenvalue weighted by molar-refractivity contribution is 7.89. The van der Waals surface area contributed by atoms with Gasteiger partial charge in [-0.15, -0.1) is 0 Å². The highest BCUT2D eigenvalue weighted by Crippen LogP contribution is 2.41. The number of hydrazine groups is 1. The number of carbonyl (C=O) groups is 2. The third-order valence-corrected chi connectivity index (χ3v) is 8.41. The zero-order valence-electron chi connectivity index (χ0n) is 19.5. The molecule has 2 saturated heterocycles. The van der Waals surface area contributed by atoms with Crippen LogP contribution in [0.1, 0.15) is 44.1 Å². The zero-order chi connectivity index (χ0) is 24.3. The molecule has 0 bridgehead atoms. The van der Waals surface area contributed by atoms with Crippen molar-refractivity contribution in [3.8, 4) is 0 Å². The number of sulfonamides is 1. The first-order valence-corrected chi connectivity index (χ1v) is 13.6. The number of hydrogen-bond acceptors (Lipinski definition) is 6. The Bertz CT molecular complexity index is 1010. The number of alkyl halides is 1. The Balaban J connectivity index is 1.34. The van der Waals surface area contributed by atoms with Crippen LogP contribution in [-0.4, -0.2) is 63.6 Å². The van der Waals surface area contributed by atoms with E-state index in [1.807, 2.05) is 0 Å². The van der Waals surface area contributed by atoms with Crippen LogP contribution >= 0.6 is 0 Å². The number of amides is 2. The fourth-order valence-corrected chi connectivity index (χ4v) is 6.07. The smallest absolute Gasteiger partial charge is 0.245 e. The molecule has 3 aliphatic rings. The zero-order valence-corrected chi connectivity index (χ0v) is 20.3. The monoisotopic (exact) mass is 495 g/mol. The van der Waals surface area contributed by atoms with Crippen LogP contribution in [0, 0.1) is 18.8 Å². The predicted molar refractivity (Wildman–Crippen MR) is 126 cm³/mol. The Kier molecular flexibility index (Phi) is 7.86. The second-order valence-corrected chi connectivity index (χ2v) is 11.3. The molecule has 2 aliphatic heterocycles. The van der Waals surface area contributed by atoms with E-state index < -0.39 is 33.9 Å². The van der Waals surface area contributed by atoms with Crippen molar-refractivity contribution < 1.29 is 22.4 Å². The maximum atomic E-state index is 14.2. The molecule has 1 aromatic carbocycles. The topological polar surface area (TPSA) is 120 Å². The molecule has 4 rings (SSSR count). The van der Waals surface area contributed by atoms with E-state index in [1.165, 1.54) is 11.1 Å². The number of rotatable bonds is 9. The molecule has 2 heterocycles. The Hall–Kier alpha value is -2.08. The quantitative estimate of drug-likeness (QED) is 0.412. The van der Waals surface area contributed by atoms with Crippen molar-refractivity contribution in [2.24, 2.45) is 11.8 Å². The lowest BCUT2D eigenvalue weighted by molar-refractivity contribution is -0.149. The lowest BCUT2D eigenvalue weighted by Crippen LogP contribution is -2.58. The number of piperidine rings is 1. The molecular weight excluding hydrogens is 461 g/mol. The molecule has 3 fully saturated rings. The van der Waals surface area contributed by atoms with Gasteiger partial charge >= 0.3 is 0 Å². The summed E-state index contributed by atoms with van der Waals surface area (Å²) < 4.78 is 42.6. The summed E-state index contributed by atoms with van der Waals surface area (Å²) in [7, 11) is -3.75. The molecule has 3 atom stereocenters. The summed E-state index contributed by atoms with van der Waals surface area (Å²) in [4.78, 5) is 25.3. The molecule has 34 heavy (non-hydrogen) atoms. The lowest BCUT2D eigenvalue weighted by atomic mass is 9.95. The van der Waals surface area contributed by atoms with Crippen LogP contribution in [-0.2, 0) is 19.6 Å². The lowest BCUT2D eigenvalue weighted by Gasteiger charge is -2.34. The second kappa shape index (κ2) is 10.7. The third-order valence-electron chi connectivity index (χ3n) is 6.81. The van der Waals surface area contributed by atoms with Gasteiger partial charge in [-0.1, -0.05) is 12.5 Å². The molecule has 3 unspecified atom stereocenters. The molecular formula is C23H34FN5O4S. The van der Waals surface area contributed by atoms with E-state index >= 15 is 0 Å². The van der Waals surface area contributed by atoms with E-state index in [2.05, 4.69) is 20.8 Å². The fourth-order valence-electron chi connectivity index (χ4n) is 4.75. The van der Waals surface area contributed by atoms with Crippen LogP contribution in [0.25, 0.3) is 0 Å². The largest absolute Gasteiger partial charge is 0.324 e. The van der Waals surface area contributed by atoms with E-state index in [1.54, 1.807) is 19.1 Å². The van der Waals surface area contributed by atoms with Gasteiger partial charge in [0.1, 0.15) is 12.7 Å². The standard InChI is InChI=1S/C23H34FN5O4S/c1-15-5-8-18(12-20(15)34(32,33)27-11-9-17-4-2-3-10-25-17)28-21(30)14-29-23(31)22(16-6-7-16)19(24)13-26-29/h5,8,12,16-17,19,22,25-27H,2-4,6-7,9-11,13-14H2,1H3,(H,28,30). The van der Waals surface area contributed by atoms with Crippen molar-refractivity contribution in [3.63, 3.8) is 0 Å². The van der Waals surface area contributed by atoms with Crippen LogP contribution in [0.3, 0.4) is 0 Å². The third kappa shape index (κ3) is 6.12. The molecule has 1 aliphatic carbocycles. The molecule has 0 spiro atoms. The van der Waals surface area contributed by atoms with Gasteiger partial charge in [0.15, 0.2) is 0 Å². The van der Waals surface area contributed by atoms with Gasteiger partial charge in [0, 0.05) is 24.8 Å². The number of carbonyl (C=O) groups excluding carboxylic acids is 2. The highest BCUT2D eigenvalue weighted by atomic mass is 32.2. The summed E-state index contributed by atoms with van der Waals surface area (Å²) in [6.45, 7) is 2.71. The summed E-state index contributed by atoms with van der Waals surface area (Å²) in [6.07, 6.45) is 4.49. The van der Waals surface area contributed by atoms with E-state index in [0.717, 1.165) is 38.6 Å². The Morgan fingerprint density at radius 2 is 2.03 bits per heavy atom. The minimum atomic E-state index is -3.75. The predicted octanol–water partition coefficient (Wildman–Crippen LogP) is 1.46. The van der Waals surface area contributed by atoms with Gasteiger partial charge in [-0.05, 0) is 69.2 Å². The first-order chi connectivity index (χ1) is 16.2. The van der Waals surface area contributed by atoms with Gasteiger partial charge < -0.3 is 10.6 Å². The minimum Gasteiger partial charge on any atom is -0.324 e. The van der Waals surface area contributed by atoms with Gasteiger partial charge in [0.05, 0.1) is 10.8 Å². The molecule has 1 aromatic rings. The maximum Gasteiger partial charge on any atom is 0.245 e. The number of halogens is 1. The molecule has 1 saturated carbocycles. The number of aryl methyl sites for hydroxylation is 1. The fraction of sp³-hybridized carbons (Fsp3) is 0.652. The van der Waals surface area contributed by atoms with Crippen molar-refractivity contribution in [3.05, 3.63) is 23.8 Å². The molecule has 4 N–H and O–H groups in total. The highest BCUT2D eigenvalue weighted by Gasteiger charge is 2.46. The van der Waals surface area contributed by atoms with Gasteiger partial charge in [0.25, 0.3) is 0 Å². The van der Waals surface area contributed by atoms with Crippen LogP contribution < -0.4 is 20.8 Å². The summed E-state index contributed by atoms with van der Waals surface area (Å²) in [5.74, 6) is -1.53. The molecule has 0 radical (unpaired) electrons. The number of benzene rings is 1. The van der Waals surface area contributed by atoms with Gasteiger partial charge in [-0.25, -0.2) is 23.0 Å². The van der Waals surface area contributed by atoms with E-state index in [0.29, 0.717) is 30.3 Å². The molecule has 0 aromatic heterocycles. The van der Waals surface area contributed by atoms with E-state index in [4.69, 9.17) is 0 Å². The number of hydrogen-bond donors (Lipinski definition) is 4. The van der Waals surface area contributed by atoms with E-state index in [9.17, 15) is 22.4 Å². The average Bonchev–Trinajstić information content (AvgIpc) is 3.63. The summed E-state index contributed by atoms with van der Waals surface area (Å²) in [6, 6.07) is 4.99. The Morgan fingerprint density at radius 3 is 2.74 bits per heavy atom. The first kappa shape index (κ1) is 25.0. The normalized spacial score (nSPS) is 25.9. The van der Waals surface area contributed by atoms with Gasteiger partial charge in [0.2, 0.25) is 21.8 Å². The van der Waals surface area contributed by atoms with Gasteiger partial charge in [-0.3, -0.25) is 14.6 Å². The summed E-state index contributed by atoms with van der Waals surface area (Å²) in [5, 5.41) is 7.23. The Labute approximate surface area is 200 Å². The van der Waals surface area contributed by atoms with Crippen molar-refractivity contribution in [2.45, 2.75) is 62.6 Å². The molecule has 11 heteroatoms. The molecule has 9 nitrogen and oxygen atoms in total. The molecule has 2 amide bonds. The van der Waals surface area contributed by atoms with Crippen molar-refractivity contribution in [1.29, 1.82) is 0 Å². The molecule has 188 valence electrons. The van der Waals surface area contributed by atoms with Crippen molar-refractivity contribution >= 4 is 27.5 Å². The SMILES string of the molecule is Cc1ccc(NC(=O)CN2NCC(F)C(C3CC3)C2=O)cc1S(=O)(=O)NCCC1CCCCN1. The Morgan fingerprint density at radius 1 is 1.24 bits per heavy atom. The van der Waals surface area contributed by atoms with Crippen molar-refractivity contribution in [2.75, 3.05) is 31.5 Å². The van der Waals surface area contributed by atoms with Crippen LogP contribution in [0.2, 0.25) is 0 Å². The minimum absolute atomic E-state index is 0.00480. The van der Waals surface area contributed by atoms with Crippen LogP contribution in [0.15, 0.2) is 23.1 Å². The maximum absolute atomic E-state index is 14.2. The van der Waals surface area contributed by atoms with Crippen LogP contribution in [0.5, 0.6) is 0 Å². The van der Waals surface area contributed by atoms with Crippen LogP contribution in [0.4, 0.5) is 10.1 Å². The summed E-state index contributed by atoms with van der Waals surface area (Å²) in [5.41, 5.74) is 3.56. The number of anilines is 1. The van der Waals surface area contributed by atoms with E-state index in [-0.39, 0.29) is 23.9 Å². The van der Waals surface area contributed by atoms with Gasteiger partial charge in [-0.2, -0.15) is 0 Å². The number of nitrogens with one attached hydrogen (secondary N) is 4. The number of nitrogens with zero attached hydrogens (tertiary/aromatic N) is 1. The second-order valence-electron chi connectivity index (χ2n) is 9.53.